The molecule has 0 saturated heterocycles. The molecular formula is C17H24N2O2. The van der Waals surface area contributed by atoms with Gasteiger partial charge < -0.3 is 15.8 Å². The van der Waals surface area contributed by atoms with Gasteiger partial charge in [-0.25, -0.2) is 0 Å². The summed E-state index contributed by atoms with van der Waals surface area (Å²) < 4.78 is 5.15. The number of benzene rings is 1. The number of carbonyl (C=O) groups is 1. The molecule has 4 nitrogen and oxygen atoms in total. The van der Waals surface area contributed by atoms with Crippen LogP contribution in [0, 0.1) is 17.8 Å². The molecule has 3 N–H and O–H groups in total. The molecule has 1 aromatic rings. The topological polar surface area (TPSA) is 64.3 Å². The third-order valence-corrected chi connectivity index (χ3v) is 5.26. The Morgan fingerprint density at radius 2 is 1.95 bits per heavy atom. The van der Waals surface area contributed by atoms with Crippen LogP contribution in [-0.2, 0) is 4.79 Å². The number of nitrogens with two attached hydrogens (primary N) is 1. The molecule has 1 amide bonds. The average molecular weight is 288 g/mol. The molecular weight excluding hydrogens is 264 g/mol. The second kappa shape index (κ2) is 5.68. The van der Waals surface area contributed by atoms with Gasteiger partial charge in [-0.05, 0) is 55.7 Å². The van der Waals surface area contributed by atoms with E-state index in [2.05, 4.69) is 5.32 Å². The fourth-order valence-corrected chi connectivity index (χ4v) is 4.01. The first kappa shape index (κ1) is 14.4. The van der Waals surface area contributed by atoms with Crippen LogP contribution in [-0.4, -0.2) is 19.1 Å². The average Bonchev–Trinajstić information content (AvgIpc) is 3.08. The maximum Gasteiger partial charge on any atom is 0.225 e. The van der Waals surface area contributed by atoms with Gasteiger partial charge in [-0.2, -0.15) is 0 Å². The van der Waals surface area contributed by atoms with Crippen LogP contribution in [0.15, 0.2) is 24.3 Å². The number of carbonyl (C=O) groups excluding carboxylic acids is 1. The van der Waals surface area contributed by atoms with Crippen molar-refractivity contribution in [2.75, 3.05) is 7.11 Å². The second-order valence-electron chi connectivity index (χ2n) is 6.44. The third-order valence-electron chi connectivity index (χ3n) is 5.26. The fraction of sp³-hybridized carbons (Fsp3) is 0.588. The number of ether oxygens (including phenoxy) is 1. The summed E-state index contributed by atoms with van der Waals surface area (Å²) in [6, 6.07) is 7.86. The molecule has 4 heteroatoms. The SMILES string of the molecule is COc1ccc([C@@H](C)NC(=O)C2C3CCC(C3)C2N)cc1. The lowest BCUT2D eigenvalue weighted by Crippen LogP contribution is -2.45. The zero-order valence-electron chi connectivity index (χ0n) is 12.7. The molecule has 114 valence electrons. The zero-order valence-corrected chi connectivity index (χ0v) is 12.7. The molecule has 2 aliphatic carbocycles. The van der Waals surface area contributed by atoms with Gasteiger partial charge in [0, 0.05) is 6.04 Å². The summed E-state index contributed by atoms with van der Waals surface area (Å²) in [5, 5.41) is 3.13. The molecule has 0 aromatic heterocycles. The molecule has 0 aliphatic heterocycles. The maximum absolute atomic E-state index is 12.5. The molecule has 0 radical (unpaired) electrons. The van der Waals surface area contributed by atoms with Gasteiger partial charge in [-0.15, -0.1) is 0 Å². The van der Waals surface area contributed by atoms with Crippen molar-refractivity contribution in [2.24, 2.45) is 23.5 Å². The first-order valence-electron chi connectivity index (χ1n) is 7.80. The molecule has 1 aromatic carbocycles. The normalized spacial score (nSPS) is 32.0. The lowest BCUT2D eigenvalue weighted by atomic mass is 9.84. The summed E-state index contributed by atoms with van der Waals surface area (Å²) in [6.07, 6.45) is 3.49. The Bertz CT molecular complexity index is 512. The van der Waals surface area contributed by atoms with Gasteiger partial charge in [-0.1, -0.05) is 12.1 Å². The van der Waals surface area contributed by atoms with Crippen molar-refractivity contribution in [1.29, 1.82) is 0 Å². The summed E-state index contributed by atoms with van der Waals surface area (Å²) in [5.41, 5.74) is 7.32. The van der Waals surface area contributed by atoms with E-state index in [0.29, 0.717) is 11.8 Å². The fourth-order valence-electron chi connectivity index (χ4n) is 4.01. The summed E-state index contributed by atoms with van der Waals surface area (Å²) in [6.45, 7) is 2.01. The van der Waals surface area contributed by atoms with E-state index in [0.717, 1.165) is 24.2 Å². The molecule has 4 unspecified atom stereocenters. The predicted molar refractivity (Wildman–Crippen MR) is 81.8 cm³/mol. The molecule has 5 atom stereocenters. The van der Waals surface area contributed by atoms with Crippen molar-refractivity contribution >= 4 is 5.91 Å². The van der Waals surface area contributed by atoms with Gasteiger partial charge in [0.2, 0.25) is 5.91 Å². The van der Waals surface area contributed by atoms with E-state index in [1.807, 2.05) is 31.2 Å². The number of hydrogen-bond acceptors (Lipinski definition) is 3. The number of nitrogens with one attached hydrogen (secondary N) is 1. The van der Waals surface area contributed by atoms with Crippen molar-refractivity contribution in [2.45, 2.75) is 38.3 Å². The van der Waals surface area contributed by atoms with Gasteiger partial charge in [-0.3, -0.25) is 4.79 Å². The Hall–Kier alpha value is -1.55. The van der Waals surface area contributed by atoms with Crippen LogP contribution in [0.4, 0.5) is 0 Å². The lowest BCUT2D eigenvalue weighted by Gasteiger charge is -2.28. The summed E-state index contributed by atoms with van der Waals surface area (Å²) in [7, 11) is 1.65. The molecule has 2 bridgehead atoms. The molecule has 2 fully saturated rings. The van der Waals surface area contributed by atoms with Crippen LogP contribution in [0.3, 0.4) is 0 Å². The number of fused-ring (bicyclic) bond motifs is 2. The maximum atomic E-state index is 12.5. The number of rotatable bonds is 4. The van der Waals surface area contributed by atoms with Crippen LogP contribution in [0.25, 0.3) is 0 Å². The van der Waals surface area contributed by atoms with E-state index in [9.17, 15) is 4.79 Å². The number of methoxy groups -OCH3 is 1. The molecule has 0 spiro atoms. The zero-order chi connectivity index (χ0) is 15.0. The van der Waals surface area contributed by atoms with Gasteiger partial charge in [0.25, 0.3) is 0 Å². The number of hydrogen-bond donors (Lipinski definition) is 2. The molecule has 21 heavy (non-hydrogen) atoms. The summed E-state index contributed by atoms with van der Waals surface area (Å²) in [4.78, 5) is 12.5. The van der Waals surface area contributed by atoms with Crippen LogP contribution < -0.4 is 15.8 Å². The van der Waals surface area contributed by atoms with Crippen LogP contribution >= 0.6 is 0 Å². The van der Waals surface area contributed by atoms with E-state index in [1.165, 1.54) is 6.42 Å². The molecule has 0 heterocycles. The molecule has 2 aliphatic rings. The van der Waals surface area contributed by atoms with Crippen molar-refractivity contribution in [1.82, 2.24) is 5.32 Å². The smallest absolute Gasteiger partial charge is 0.225 e. The highest BCUT2D eigenvalue weighted by Crippen LogP contribution is 2.47. The Morgan fingerprint density at radius 1 is 1.29 bits per heavy atom. The van der Waals surface area contributed by atoms with Crippen LogP contribution in [0.2, 0.25) is 0 Å². The van der Waals surface area contributed by atoms with E-state index in [-0.39, 0.29) is 23.9 Å². The molecule has 2 saturated carbocycles. The minimum Gasteiger partial charge on any atom is -0.497 e. The Labute approximate surface area is 126 Å². The lowest BCUT2D eigenvalue weighted by molar-refractivity contribution is -0.127. The Balaban J connectivity index is 1.64. The largest absolute Gasteiger partial charge is 0.497 e. The standard InChI is InChI=1S/C17H24N2O2/c1-10(11-5-7-14(21-2)8-6-11)19-17(20)15-12-3-4-13(9-12)16(15)18/h5-8,10,12-13,15-16H,3-4,9,18H2,1-2H3,(H,19,20)/t10-,12?,13?,15?,16?/m1/s1. The monoisotopic (exact) mass is 288 g/mol. The highest BCUT2D eigenvalue weighted by molar-refractivity contribution is 5.80. The molecule has 3 rings (SSSR count). The van der Waals surface area contributed by atoms with E-state index in [4.69, 9.17) is 10.5 Å². The van der Waals surface area contributed by atoms with Crippen molar-refractivity contribution in [3.05, 3.63) is 29.8 Å². The van der Waals surface area contributed by atoms with E-state index >= 15 is 0 Å². The Kier molecular flexibility index (Phi) is 3.89. The summed E-state index contributed by atoms with van der Waals surface area (Å²) in [5.74, 6) is 2.00. The quantitative estimate of drug-likeness (QED) is 0.893. The van der Waals surface area contributed by atoms with E-state index < -0.39 is 0 Å². The second-order valence-corrected chi connectivity index (χ2v) is 6.44. The first-order chi connectivity index (χ1) is 10.1. The minimum atomic E-state index is -0.00488. The third kappa shape index (κ3) is 2.64. The van der Waals surface area contributed by atoms with Crippen molar-refractivity contribution < 1.29 is 9.53 Å². The Morgan fingerprint density at radius 3 is 2.52 bits per heavy atom. The van der Waals surface area contributed by atoms with Crippen molar-refractivity contribution in [3.8, 4) is 5.75 Å². The first-order valence-corrected chi connectivity index (χ1v) is 7.80. The highest BCUT2D eigenvalue weighted by atomic mass is 16.5. The van der Waals surface area contributed by atoms with Crippen LogP contribution in [0.1, 0.15) is 37.8 Å². The summed E-state index contributed by atoms with van der Waals surface area (Å²) >= 11 is 0. The minimum absolute atomic E-state index is 0.00412. The van der Waals surface area contributed by atoms with Gasteiger partial charge >= 0.3 is 0 Å². The van der Waals surface area contributed by atoms with Crippen molar-refractivity contribution in [3.63, 3.8) is 0 Å². The predicted octanol–water partition coefficient (Wildman–Crippen LogP) is 2.25. The van der Waals surface area contributed by atoms with E-state index in [1.54, 1.807) is 7.11 Å². The van der Waals surface area contributed by atoms with Gasteiger partial charge in [0.1, 0.15) is 5.75 Å². The van der Waals surface area contributed by atoms with Crippen LogP contribution in [0.5, 0.6) is 5.75 Å². The van der Waals surface area contributed by atoms with Gasteiger partial charge in [0.15, 0.2) is 0 Å². The number of amides is 1. The van der Waals surface area contributed by atoms with Gasteiger partial charge in [0.05, 0.1) is 19.1 Å². The highest BCUT2D eigenvalue weighted by Gasteiger charge is 2.49.